The summed E-state index contributed by atoms with van der Waals surface area (Å²) in [5.74, 6) is 0.585. The number of halogens is 2. The minimum Gasteiger partial charge on any atom is -0.491 e. The summed E-state index contributed by atoms with van der Waals surface area (Å²) >= 11 is 6.15. The Hall–Kier alpha value is -3.25. The van der Waals surface area contributed by atoms with Crippen LogP contribution in [0.3, 0.4) is 0 Å². The standard InChI is InChI=1S/C25H24ClFN2O3/c26-20-8-7-19(23(13-20)32-17-18-5-2-1-3-6-18)15-28-25(30)16-29-11-4-12-31-24-14-21(27)9-10-22(24)29/h1-3,5-10,13-14H,4,11-12,15-17H2,(H,28,30). The molecule has 0 fully saturated rings. The van der Waals surface area contributed by atoms with E-state index < -0.39 is 0 Å². The fourth-order valence-corrected chi connectivity index (χ4v) is 3.72. The summed E-state index contributed by atoms with van der Waals surface area (Å²) in [5, 5.41) is 3.51. The summed E-state index contributed by atoms with van der Waals surface area (Å²) in [6.45, 7) is 2.00. The molecule has 4 rings (SSSR count). The van der Waals surface area contributed by atoms with Gasteiger partial charge in [-0.25, -0.2) is 4.39 Å². The molecule has 0 saturated heterocycles. The predicted molar refractivity (Wildman–Crippen MR) is 123 cm³/mol. The molecule has 3 aromatic carbocycles. The zero-order valence-corrected chi connectivity index (χ0v) is 18.3. The van der Waals surface area contributed by atoms with Gasteiger partial charge in [-0.2, -0.15) is 0 Å². The summed E-state index contributed by atoms with van der Waals surface area (Å²) in [6, 6.07) is 19.6. The molecule has 1 N–H and O–H groups in total. The molecular weight excluding hydrogens is 431 g/mol. The first-order chi connectivity index (χ1) is 15.6. The maximum absolute atomic E-state index is 13.6. The first kappa shape index (κ1) is 22.0. The van der Waals surface area contributed by atoms with Crippen LogP contribution in [0.2, 0.25) is 5.02 Å². The number of rotatable bonds is 7. The highest BCUT2D eigenvalue weighted by molar-refractivity contribution is 6.30. The molecular formula is C25H24ClFN2O3. The van der Waals surface area contributed by atoms with Crippen LogP contribution >= 0.6 is 11.6 Å². The van der Waals surface area contributed by atoms with Gasteiger partial charge in [-0.3, -0.25) is 4.79 Å². The number of hydrogen-bond acceptors (Lipinski definition) is 4. The number of carbonyl (C=O) groups is 1. The second-order valence-corrected chi connectivity index (χ2v) is 7.98. The zero-order valence-electron chi connectivity index (χ0n) is 17.5. The van der Waals surface area contributed by atoms with E-state index in [4.69, 9.17) is 21.1 Å². The molecule has 0 aliphatic carbocycles. The van der Waals surface area contributed by atoms with E-state index in [1.165, 1.54) is 12.1 Å². The topological polar surface area (TPSA) is 50.8 Å². The third-order valence-electron chi connectivity index (χ3n) is 5.17. The van der Waals surface area contributed by atoms with Gasteiger partial charge in [0.25, 0.3) is 0 Å². The van der Waals surface area contributed by atoms with Crippen LogP contribution in [-0.2, 0) is 17.9 Å². The summed E-state index contributed by atoms with van der Waals surface area (Å²) in [6.07, 6.45) is 0.748. The molecule has 1 aliphatic rings. The molecule has 166 valence electrons. The number of nitrogens with one attached hydrogen (secondary N) is 1. The van der Waals surface area contributed by atoms with E-state index in [0.717, 1.165) is 23.2 Å². The molecule has 0 spiro atoms. The fraction of sp³-hybridized carbons (Fsp3) is 0.240. The van der Waals surface area contributed by atoms with E-state index in [1.54, 1.807) is 18.2 Å². The van der Waals surface area contributed by atoms with Crippen molar-refractivity contribution in [3.05, 3.63) is 88.7 Å². The number of hydrogen-bond donors (Lipinski definition) is 1. The first-order valence-corrected chi connectivity index (χ1v) is 10.9. The first-order valence-electron chi connectivity index (χ1n) is 10.5. The third-order valence-corrected chi connectivity index (χ3v) is 5.40. The van der Waals surface area contributed by atoms with Gasteiger partial charge in [0.15, 0.2) is 0 Å². The second-order valence-electron chi connectivity index (χ2n) is 7.54. The van der Waals surface area contributed by atoms with Crippen LogP contribution in [0.1, 0.15) is 17.5 Å². The van der Waals surface area contributed by atoms with Crippen molar-refractivity contribution in [3.8, 4) is 11.5 Å². The molecule has 0 radical (unpaired) electrons. The van der Waals surface area contributed by atoms with Gasteiger partial charge in [0.05, 0.1) is 18.8 Å². The van der Waals surface area contributed by atoms with Crippen molar-refractivity contribution in [1.82, 2.24) is 5.32 Å². The number of nitrogens with zero attached hydrogens (tertiary/aromatic N) is 1. The van der Waals surface area contributed by atoms with Crippen molar-refractivity contribution >= 4 is 23.2 Å². The van der Waals surface area contributed by atoms with Crippen LogP contribution in [-0.4, -0.2) is 25.6 Å². The lowest BCUT2D eigenvalue weighted by Gasteiger charge is -2.23. The van der Waals surface area contributed by atoms with Crippen LogP contribution in [0.25, 0.3) is 0 Å². The highest BCUT2D eigenvalue weighted by atomic mass is 35.5. The average Bonchev–Trinajstić information content (AvgIpc) is 2.99. The number of anilines is 1. The summed E-state index contributed by atoms with van der Waals surface area (Å²) < 4.78 is 25.1. The van der Waals surface area contributed by atoms with Gasteiger partial charge in [0.1, 0.15) is 23.9 Å². The molecule has 5 nitrogen and oxygen atoms in total. The van der Waals surface area contributed by atoms with Crippen molar-refractivity contribution < 1.29 is 18.7 Å². The average molecular weight is 455 g/mol. The molecule has 1 aliphatic heterocycles. The quantitative estimate of drug-likeness (QED) is 0.548. The Balaban J connectivity index is 1.39. The van der Waals surface area contributed by atoms with Crippen molar-refractivity contribution in [3.63, 3.8) is 0 Å². The van der Waals surface area contributed by atoms with Crippen molar-refractivity contribution in [2.24, 2.45) is 0 Å². The van der Waals surface area contributed by atoms with E-state index in [0.29, 0.717) is 42.8 Å². The number of fused-ring (bicyclic) bond motifs is 1. The van der Waals surface area contributed by atoms with Gasteiger partial charge in [-0.15, -0.1) is 0 Å². The Kier molecular flexibility index (Phi) is 7.12. The third kappa shape index (κ3) is 5.71. The SMILES string of the molecule is O=C(CN1CCCOc2cc(F)ccc21)NCc1ccc(Cl)cc1OCc1ccccc1. The van der Waals surface area contributed by atoms with E-state index in [-0.39, 0.29) is 18.3 Å². The van der Waals surface area contributed by atoms with Crippen LogP contribution in [0.15, 0.2) is 66.7 Å². The molecule has 0 atom stereocenters. The van der Waals surface area contributed by atoms with Crippen molar-refractivity contribution in [1.29, 1.82) is 0 Å². The van der Waals surface area contributed by atoms with Crippen LogP contribution in [0.4, 0.5) is 10.1 Å². The fourth-order valence-electron chi connectivity index (χ4n) is 3.55. The minimum absolute atomic E-state index is 0.147. The van der Waals surface area contributed by atoms with Gasteiger partial charge in [-0.1, -0.05) is 48.0 Å². The van der Waals surface area contributed by atoms with E-state index >= 15 is 0 Å². The smallest absolute Gasteiger partial charge is 0.239 e. The van der Waals surface area contributed by atoms with Crippen molar-refractivity contribution in [2.75, 3.05) is 24.6 Å². The van der Waals surface area contributed by atoms with Crippen LogP contribution < -0.4 is 19.7 Å². The van der Waals surface area contributed by atoms with Crippen LogP contribution in [0, 0.1) is 5.82 Å². The van der Waals surface area contributed by atoms with Gasteiger partial charge >= 0.3 is 0 Å². The summed E-state index contributed by atoms with van der Waals surface area (Å²) in [5.41, 5.74) is 2.60. The molecule has 32 heavy (non-hydrogen) atoms. The molecule has 3 aromatic rings. The Labute approximate surface area is 191 Å². The Morgan fingerprint density at radius 1 is 1.12 bits per heavy atom. The molecule has 1 amide bonds. The van der Waals surface area contributed by atoms with Crippen molar-refractivity contribution in [2.45, 2.75) is 19.6 Å². The van der Waals surface area contributed by atoms with Gasteiger partial charge in [0, 0.05) is 29.7 Å². The van der Waals surface area contributed by atoms with E-state index in [9.17, 15) is 9.18 Å². The number of benzene rings is 3. The Morgan fingerprint density at radius 2 is 1.97 bits per heavy atom. The number of ether oxygens (including phenoxy) is 2. The molecule has 0 saturated carbocycles. The largest absolute Gasteiger partial charge is 0.491 e. The summed E-state index contributed by atoms with van der Waals surface area (Å²) in [4.78, 5) is 14.6. The molecule has 0 aromatic heterocycles. The summed E-state index contributed by atoms with van der Waals surface area (Å²) in [7, 11) is 0. The highest BCUT2D eigenvalue weighted by Crippen LogP contribution is 2.31. The molecule has 0 bridgehead atoms. The Morgan fingerprint density at radius 3 is 2.81 bits per heavy atom. The minimum atomic E-state index is -0.360. The van der Waals surface area contributed by atoms with Gasteiger partial charge in [-0.05, 0) is 36.2 Å². The molecule has 7 heteroatoms. The lowest BCUT2D eigenvalue weighted by Crippen LogP contribution is -2.37. The van der Waals surface area contributed by atoms with Gasteiger partial charge in [0.2, 0.25) is 5.91 Å². The highest BCUT2D eigenvalue weighted by Gasteiger charge is 2.19. The van der Waals surface area contributed by atoms with Crippen LogP contribution in [0.5, 0.6) is 11.5 Å². The normalized spacial score (nSPS) is 13.0. The van der Waals surface area contributed by atoms with Gasteiger partial charge < -0.3 is 19.7 Å². The Bertz CT molecular complexity index is 1080. The van der Waals surface area contributed by atoms with E-state index in [2.05, 4.69) is 5.32 Å². The maximum atomic E-state index is 13.6. The molecule has 0 unspecified atom stereocenters. The lowest BCUT2D eigenvalue weighted by molar-refractivity contribution is -0.119. The second kappa shape index (κ2) is 10.4. The number of carbonyl (C=O) groups excluding carboxylic acids is 1. The monoisotopic (exact) mass is 454 g/mol. The van der Waals surface area contributed by atoms with E-state index in [1.807, 2.05) is 41.3 Å². The zero-order chi connectivity index (χ0) is 22.3. The molecule has 1 heterocycles. The lowest BCUT2D eigenvalue weighted by atomic mass is 10.2. The predicted octanol–water partition coefficient (Wildman–Crippen LogP) is 4.96. The maximum Gasteiger partial charge on any atom is 0.239 e. The number of amides is 1.